The summed E-state index contributed by atoms with van der Waals surface area (Å²) in [6.07, 6.45) is 5.27. The molecule has 0 aromatic heterocycles. The van der Waals surface area contributed by atoms with Crippen LogP contribution in [0.4, 0.5) is 0 Å². The molecule has 2 heteroatoms. The number of likely N-dealkylation sites (N-methyl/N-ethyl adjacent to an activating group) is 1. The van der Waals surface area contributed by atoms with E-state index >= 15 is 0 Å². The maximum atomic E-state index is 3.92. The second-order valence-corrected chi connectivity index (χ2v) is 6.43. The van der Waals surface area contributed by atoms with Crippen molar-refractivity contribution in [3.8, 4) is 0 Å². The van der Waals surface area contributed by atoms with Gasteiger partial charge in [0.1, 0.15) is 0 Å². The molecule has 3 rings (SSSR count). The number of hydrogen-bond acceptors (Lipinski definition) is 2. The minimum atomic E-state index is 0.573. The van der Waals surface area contributed by atoms with Gasteiger partial charge >= 0.3 is 0 Å². The molecule has 3 unspecified atom stereocenters. The highest BCUT2D eigenvalue weighted by Crippen LogP contribution is 2.37. The standard InChI is InChI=1S/C17H26N2/c1-13-9-10-17(16-8-4-3-7-15(13)16)18-14-6-5-11-19(2)12-14/h3-4,7-8,13-14,17-18H,5-6,9-12H2,1-2H3. The number of fused-ring (bicyclic) bond motifs is 1. The molecule has 19 heavy (non-hydrogen) atoms. The summed E-state index contributed by atoms with van der Waals surface area (Å²) < 4.78 is 0. The van der Waals surface area contributed by atoms with Gasteiger partial charge in [0, 0.05) is 18.6 Å². The average Bonchev–Trinajstić information content (AvgIpc) is 2.42. The minimum absolute atomic E-state index is 0.573. The summed E-state index contributed by atoms with van der Waals surface area (Å²) >= 11 is 0. The molecule has 1 aromatic carbocycles. The number of piperidine rings is 1. The Bertz CT molecular complexity index is 429. The van der Waals surface area contributed by atoms with E-state index in [2.05, 4.69) is 48.5 Å². The van der Waals surface area contributed by atoms with Crippen molar-refractivity contribution < 1.29 is 0 Å². The topological polar surface area (TPSA) is 15.3 Å². The van der Waals surface area contributed by atoms with Crippen molar-refractivity contribution in [3.05, 3.63) is 35.4 Å². The lowest BCUT2D eigenvalue weighted by Crippen LogP contribution is -2.45. The van der Waals surface area contributed by atoms with Crippen LogP contribution in [0.15, 0.2) is 24.3 Å². The second kappa shape index (κ2) is 5.64. The SMILES string of the molecule is CC1CCC(NC2CCCN(C)C2)c2ccccc21. The average molecular weight is 258 g/mol. The highest BCUT2D eigenvalue weighted by Gasteiger charge is 2.27. The van der Waals surface area contributed by atoms with Gasteiger partial charge in [-0.15, -0.1) is 0 Å². The first-order valence-corrected chi connectivity index (χ1v) is 7.77. The maximum absolute atomic E-state index is 3.92. The molecule has 1 aromatic rings. The molecule has 104 valence electrons. The number of benzene rings is 1. The number of likely N-dealkylation sites (tertiary alicyclic amines) is 1. The fourth-order valence-electron chi connectivity index (χ4n) is 3.76. The zero-order valence-electron chi connectivity index (χ0n) is 12.2. The fourth-order valence-corrected chi connectivity index (χ4v) is 3.76. The molecule has 0 radical (unpaired) electrons. The third-order valence-corrected chi connectivity index (χ3v) is 4.85. The molecular weight excluding hydrogens is 232 g/mol. The summed E-state index contributed by atoms with van der Waals surface area (Å²) in [5, 5.41) is 3.92. The van der Waals surface area contributed by atoms with Crippen LogP contribution >= 0.6 is 0 Å². The molecule has 2 nitrogen and oxygen atoms in total. The first kappa shape index (κ1) is 13.1. The molecule has 1 heterocycles. The molecule has 0 amide bonds. The van der Waals surface area contributed by atoms with Crippen LogP contribution in [0.5, 0.6) is 0 Å². The van der Waals surface area contributed by atoms with Crippen LogP contribution in [0.1, 0.15) is 55.7 Å². The van der Waals surface area contributed by atoms with Crippen molar-refractivity contribution in [1.29, 1.82) is 0 Å². The lowest BCUT2D eigenvalue weighted by Gasteiger charge is -2.37. The molecular formula is C17H26N2. The number of hydrogen-bond donors (Lipinski definition) is 1. The molecule has 1 aliphatic carbocycles. The van der Waals surface area contributed by atoms with Gasteiger partial charge in [-0.3, -0.25) is 0 Å². The van der Waals surface area contributed by atoms with Crippen molar-refractivity contribution in [2.24, 2.45) is 0 Å². The summed E-state index contributed by atoms with van der Waals surface area (Å²) in [6.45, 7) is 4.83. The van der Waals surface area contributed by atoms with Gasteiger partial charge in [0.05, 0.1) is 0 Å². The molecule has 0 bridgehead atoms. The molecule has 0 saturated carbocycles. The molecule has 3 atom stereocenters. The quantitative estimate of drug-likeness (QED) is 0.875. The zero-order valence-corrected chi connectivity index (χ0v) is 12.2. The van der Waals surface area contributed by atoms with Crippen LogP contribution in [0.2, 0.25) is 0 Å². The summed E-state index contributed by atoms with van der Waals surface area (Å²) in [5.41, 5.74) is 3.12. The lowest BCUT2D eigenvalue weighted by molar-refractivity contribution is 0.211. The van der Waals surface area contributed by atoms with Crippen LogP contribution in [-0.2, 0) is 0 Å². The molecule has 2 aliphatic rings. The van der Waals surface area contributed by atoms with Gasteiger partial charge in [-0.25, -0.2) is 0 Å². The Morgan fingerprint density at radius 1 is 1.11 bits per heavy atom. The van der Waals surface area contributed by atoms with Crippen LogP contribution < -0.4 is 5.32 Å². The van der Waals surface area contributed by atoms with Crippen LogP contribution in [0, 0.1) is 0 Å². The van der Waals surface area contributed by atoms with Gasteiger partial charge < -0.3 is 10.2 Å². The van der Waals surface area contributed by atoms with Gasteiger partial charge in [0.2, 0.25) is 0 Å². The smallest absolute Gasteiger partial charge is 0.0326 e. The van der Waals surface area contributed by atoms with E-state index in [4.69, 9.17) is 0 Å². The molecule has 1 aliphatic heterocycles. The predicted octanol–water partition coefficient (Wildman–Crippen LogP) is 3.31. The highest BCUT2D eigenvalue weighted by atomic mass is 15.1. The van der Waals surface area contributed by atoms with E-state index < -0.39 is 0 Å². The van der Waals surface area contributed by atoms with Crippen molar-refractivity contribution in [1.82, 2.24) is 10.2 Å². The summed E-state index contributed by atoms with van der Waals surface area (Å²) in [6, 6.07) is 10.3. The first-order chi connectivity index (χ1) is 9.24. The van der Waals surface area contributed by atoms with E-state index in [0.717, 1.165) is 5.92 Å². The first-order valence-electron chi connectivity index (χ1n) is 7.77. The van der Waals surface area contributed by atoms with E-state index in [9.17, 15) is 0 Å². The van der Waals surface area contributed by atoms with Crippen LogP contribution in [0.3, 0.4) is 0 Å². The highest BCUT2D eigenvalue weighted by molar-refractivity contribution is 5.35. The third kappa shape index (κ3) is 2.85. The van der Waals surface area contributed by atoms with E-state index in [1.807, 2.05) is 0 Å². The normalized spacial score (nSPS) is 32.0. The molecule has 1 saturated heterocycles. The largest absolute Gasteiger partial charge is 0.306 e. The maximum Gasteiger partial charge on any atom is 0.0326 e. The second-order valence-electron chi connectivity index (χ2n) is 6.43. The summed E-state index contributed by atoms with van der Waals surface area (Å²) in [4.78, 5) is 2.46. The predicted molar refractivity (Wildman–Crippen MR) is 80.5 cm³/mol. The van der Waals surface area contributed by atoms with Crippen LogP contribution in [0.25, 0.3) is 0 Å². The number of nitrogens with zero attached hydrogens (tertiary/aromatic N) is 1. The fraction of sp³-hybridized carbons (Fsp3) is 0.647. The zero-order chi connectivity index (χ0) is 13.2. The van der Waals surface area contributed by atoms with Crippen molar-refractivity contribution in [3.63, 3.8) is 0 Å². The van der Waals surface area contributed by atoms with Crippen LogP contribution in [-0.4, -0.2) is 31.1 Å². The van der Waals surface area contributed by atoms with E-state index in [1.165, 1.54) is 38.8 Å². The molecule has 1 N–H and O–H groups in total. The number of rotatable bonds is 2. The van der Waals surface area contributed by atoms with E-state index in [-0.39, 0.29) is 0 Å². The minimum Gasteiger partial charge on any atom is -0.306 e. The van der Waals surface area contributed by atoms with Crippen molar-refractivity contribution >= 4 is 0 Å². The Kier molecular flexibility index (Phi) is 3.90. The molecule has 0 spiro atoms. The van der Waals surface area contributed by atoms with Gasteiger partial charge in [-0.1, -0.05) is 31.2 Å². The Morgan fingerprint density at radius 2 is 1.89 bits per heavy atom. The van der Waals surface area contributed by atoms with E-state index in [1.54, 1.807) is 11.1 Å². The Morgan fingerprint density at radius 3 is 2.68 bits per heavy atom. The van der Waals surface area contributed by atoms with E-state index in [0.29, 0.717) is 12.1 Å². The Hall–Kier alpha value is -0.860. The lowest BCUT2D eigenvalue weighted by atomic mass is 9.80. The van der Waals surface area contributed by atoms with Gasteiger partial charge in [0.15, 0.2) is 0 Å². The summed E-state index contributed by atoms with van der Waals surface area (Å²) in [5.74, 6) is 0.725. The summed E-state index contributed by atoms with van der Waals surface area (Å²) in [7, 11) is 2.24. The van der Waals surface area contributed by atoms with Crippen molar-refractivity contribution in [2.45, 2.75) is 50.6 Å². The third-order valence-electron chi connectivity index (χ3n) is 4.85. The van der Waals surface area contributed by atoms with Gasteiger partial charge in [-0.05, 0) is 56.3 Å². The molecule has 1 fully saturated rings. The monoisotopic (exact) mass is 258 g/mol. The Labute approximate surface area is 117 Å². The van der Waals surface area contributed by atoms with Crippen molar-refractivity contribution in [2.75, 3.05) is 20.1 Å². The van der Waals surface area contributed by atoms with Gasteiger partial charge in [0.25, 0.3) is 0 Å². The Balaban J connectivity index is 1.73. The van der Waals surface area contributed by atoms with Gasteiger partial charge in [-0.2, -0.15) is 0 Å². The number of nitrogens with one attached hydrogen (secondary N) is 1.